The first kappa shape index (κ1) is 21.0. The molecule has 6 nitrogen and oxygen atoms in total. The Hall–Kier alpha value is -3.28. The number of aromatic nitrogens is 3. The zero-order valence-corrected chi connectivity index (χ0v) is 18.4. The van der Waals surface area contributed by atoms with Gasteiger partial charge >= 0.3 is 0 Å². The highest BCUT2D eigenvalue weighted by molar-refractivity contribution is 5.79. The summed E-state index contributed by atoms with van der Waals surface area (Å²) in [4.78, 5) is 28.8. The molecule has 3 aromatic rings. The molecule has 4 rings (SSSR count). The van der Waals surface area contributed by atoms with E-state index in [1.54, 1.807) is 6.20 Å². The number of aryl methyl sites for hydroxylation is 2. The molecule has 1 amide bonds. The van der Waals surface area contributed by atoms with Crippen molar-refractivity contribution in [3.63, 3.8) is 0 Å². The molecule has 0 bridgehead atoms. The van der Waals surface area contributed by atoms with E-state index in [0.717, 1.165) is 54.3 Å². The van der Waals surface area contributed by atoms with Gasteiger partial charge in [-0.3, -0.25) is 9.78 Å². The summed E-state index contributed by atoms with van der Waals surface area (Å²) in [5.41, 5.74) is 5.18. The Balaban J connectivity index is 1.39. The number of anilines is 1. The smallest absolute Gasteiger partial charge is 0.223 e. The summed E-state index contributed by atoms with van der Waals surface area (Å²) in [5, 5.41) is 3.10. The maximum absolute atomic E-state index is 12.7. The Morgan fingerprint density at radius 3 is 2.45 bits per heavy atom. The second kappa shape index (κ2) is 9.25. The van der Waals surface area contributed by atoms with Gasteiger partial charge < -0.3 is 10.2 Å². The van der Waals surface area contributed by atoms with Crippen molar-refractivity contribution < 1.29 is 4.79 Å². The Kier molecular flexibility index (Phi) is 6.26. The third kappa shape index (κ3) is 4.90. The van der Waals surface area contributed by atoms with Crippen LogP contribution in [0, 0.1) is 26.7 Å². The fourth-order valence-electron chi connectivity index (χ4n) is 3.92. The molecule has 1 aliphatic rings. The van der Waals surface area contributed by atoms with Gasteiger partial charge in [-0.25, -0.2) is 9.97 Å². The Labute approximate surface area is 183 Å². The molecule has 1 aromatic carbocycles. The minimum absolute atomic E-state index is 0.0419. The fraction of sp³-hybridized carbons (Fsp3) is 0.360. The van der Waals surface area contributed by atoms with Crippen LogP contribution >= 0.6 is 0 Å². The van der Waals surface area contributed by atoms with Gasteiger partial charge in [-0.1, -0.05) is 35.9 Å². The molecule has 31 heavy (non-hydrogen) atoms. The minimum Gasteiger partial charge on any atom is -0.356 e. The lowest BCUT2D eigenvalue weighted by Gasteiger charge is -2.33. The van der Waals surface area contributed by atoms with Crippen LogP contribution in [0.1, 0.15) is 35.2 Å². The van der Waals surface area contributed by atoms with Gasteiger partial charge in [-0.15, -0.1) is 0 Å². The van der Waals surface area contributed by atoms with Gasteiger partial charge in [0.15, 0.2) is 5.82 Å². The third-order valence-electron chi connectivity index (χ3n) is 6.01. The lowest BCUT2D eigenvalue weighted by Crippen LogP contribution is -2.41. The summed E-state index contributed by atoms with van der Waals surface area (Å²) >= 11 is 0. The van der Waals surface area contributed by atoms with Crippen molar-refractivity contribution in [3.8, 4) is 11.5 Å². The molecule has 0 saturated carbocycles. The van der Waals surface area contributed by atoms with Crippen LogP contribution in [0.5, 0.6) is 0 Å². The lowest BCUT2D eigenvalue weighted by molar-refractivity contribution is -0.125. The molecular weight excluding hydrogens is 386 g/mol. The van der Waals surface area contributed by atoms with Gasteiger partial charge in [0.05, 0.1) is 0 Å². The van der Waals surface area contributed by atoms with E-state index in [2.05, 4.69) is 58.3 Å². The molecule has 1 fully saturated rings. The van der Waals surface area contributed by atoms with E-state index in [1.807, 2.05) is 25.1 Å². The van der Waals surface area contributed by atoms with Gasteiger partial charge in [-0.2, -0.15) is 0 Å². The number of piperidine rings is 1. The van der Waals surface area contributed by atoms with Crippen molar-refractivity contribution in [2.24, 2.45) is 5.92 Å². The van der Waals surface area contributed by atoms with Gasteiger partial charge in [-0.05, 0) is 51.3 Å². The summed E-state index contributed by atoms with van der Waals surface area (Å²) < 4.78 is 0. The number of pyridine rings is 1. The second-order valence-electron chi connectivity index (χ2n) is 8.26. The molecule has 0 radical (unpaired) electrons. The fourth-order valence-corrected chi connectivity index (χ4v) is 3.92. The maximum atomic E-state index is 12.7. The van der Waals surface area contributed by atoms with Crippen molar-refractivity contribution in [2.45, 2.75) is 40.2 Å². The molecule has 2 aromatic heterocycles. The average molecular weight is 416 g/mol. The molecule has 160 valence electrons. The van der Waals surface area contributed by atoms with Gasteiger partial charge in [0.25, 0.3) is 0 Å². The van der Waals surface area contributed by atoms with E-state index < -0.39 is 0 Å². The standard InChI is InChI=1S/C25H29N5O/c1-17-7-9-20(10-8-17)16-27-25(31)21-11-14-30(15-12-21)24-18(2)19(3)28-23(29-24)22-6-4-5-13-26-22/h4-10,13,21H,11-12,14-16H2,1-3H3,(H,27,31). The van der Waals surface area contributed by atoms with Crippen LogP contribution in [0.15, 0.2) is 48.7 Å². The van der Waals surface area contributed by atoms with E-state index in [-0.39, 0.29) is 11.8 Å². The van der Waals surface area contributed by atoms with Gasteiger partial charge in [0.2, 0.25) is 5.91 Å². The highest BCUT2D eigenvalue weighted by Gasteiger charge is 2.27. The van der Waals surface area contributed by atoms with Crippen LogP contribution in [0.25, 0.3) is 11.5 Å². The molecule has 6 heteroatoms. The number of amides is 1. The van der Waals surface area contributed by atoms with Crippen molar-refractivity contribution in [2.75, 3.05) is 18.0 Å². The van der Waals surface area contributed by atoms with Crippen molar-refractivity contribution >= 4 is 11.7 Å². The predicted octanol–water partition coefficient (Wildman–Crippen LogP) is 4.00. The molecule has 1 saturated heterocycles. The zero-order valence-electron chi connectivity index (χ0n) is 18.4. The van der Waals surface area contributed by atoms with Crippen LogP contribution in [-0.4, -0.2) is 33.9 Å². The maximum Gasteiger partial charge on any atom is 0.223 e. The third-order valence-corrected chi connectivity index (χ3v) is 6.01. The summed E-state index contributed by atoms with van der Waals surface area (Å²) in [6.45, 7) is 8.34. The highest BCUT2D eigenvalue weighted by Crippen LogP contribution is 2.28. The number of nitrogens with zero attached hydrogens (tertiary/aromatic N) is 4. The largest absolute Gasteiger partial charge is 0.356 e. The van der Waals surface area contributed by atoms with Crippen molar-refractivity contribution in [3.05, 3.63) is 71.0 Å². The Morgan fingerprint density at radius 2 is 1.77 bits per heavy atom. The zero-order chi connectivity index (χ0) is 21.8. The lowest BCUT2D eigenvalue weighted by atomic mass is 9.95. The molecule has 1 N–H and O–H groups in total. The van der Waals surface area contributed by atoms with E-state index >= 15 is 0 Å². The van der Waals surface area contributed by atoms with E-state index in [9.17, 15) is 4.79 Å². The van der Waals surface area contributed by atoms with Crippen molar-refractivity contribution in [1.29, 1.82) is 0 Å². The van der Waals surface area contributed by atoms with Gasteiger partial charge in [0.1, 0.15) is 11.5 Å². The van der Waals surface area contributed by atoms with Crippen LogP contribution in [-0.2, 0) is 11.3 Å². The molecule has 0 unspecified atom stereocenters. The highest BCUT2D eigenvalue weighted by atomic mass is 16.1. The number of hydrogen-bond donors (Lipinski definition) is 1. The average Bonchev–Trinajstić information content (AvgIpc) is 2.81. The van der Waals surface area contributed by atoms with E-state index in [4.69, 9.17) is 4.98 Å². The van der Waals surface area contributed by atoms with Crippen LogP contribution in [0.3, 0.4) is 0 Å². The molecule has 3 heterocycles. The van der Waals surface area contributed by atoms with Gasteiger partial charge in [0, 0.05) is 43.0 Å². The van der Waals surface area contributed by atoms with E-state index in [1.165, 1.54) is 5.56 Å². The Bertz CT molecular complexity index is 1040. The SMILES string of the molecule is Cc1ccc(CNC(=O)C2CCN(c3nc(-c4ccccn4)nc(C)c3C)CC2)cc1. The monoisotopic (exact) mass is 415 g/mol. The number of carbonyl (C=O) groups excluding carboxylic acids is 1. The quantitative estimate of drug-likeness (QED) is 0.682. The van der Waals surface area contributed by atoms with Crippen LogP contribution in [0.4, 0.5) is 5.82 Å². The molecule has 1 aliphatic heterocycles. The predicted molar refractivity (Wildman–Crippen MR) is 123 cm³/mol. The van der Waals surface area contributed by atoms with Crippen LogP contribution < -0.4 is 10.2 Å². The summed E-state index contributed by atoms with van der Waals surface area (Å²) in [7, 11) is 0. The molecule has 0 aliphatic carbocycles. The summed E-state index contributed by atoms with van der Waals surface area (Å²) in [6.07, 6.45) is 3.40. The number of rotatable bonds is 5. The Morgan fingerprint density at radius 1 is 1.03 bits per heavy atom. The first-order valence-corrected chi connectivity index (χ1v) is 10.9. The molecule has 0 spiro atoms. The summed E-state index contributed by atoms with van der Waals surface area (Å²) in [6, 6.07) is 14.0. The number of nitrogens with one attached hydrogen (secondary N) is 1. The minimum atomic E-state index is 0.0419. The summed E-state index contributed by atoms with van der Waals surface area (Å²) in [5.74, 6) is 1.79. The molecular formula is C25H29N5O. The van der Waals surface area contributed by atoms with Crippen molar-refractivity contribution in [1.82, 2.24) is 20.3 Å². The topological polar surface area (TPSA) is 71.0 Å². The first-order chi connectivity index (χ1) is 15.0. The number of hydrogen-bond acceptors (Lipinski definition) is 5. The van der Waals surface area contributed by atoms with E-state index in [0.29, 0.717) is 12.4 Å². The first-order valence-electron chi connectivity index (χ1n) is 10.9. The number of carbonyl (C=O) groups is 1. The second-order valence-corrected chi connectivity index (χ2v) is 8.26. The normalized spacial score (nSPS) is 14.5. The number of benzene rings is 1. The van der Waals surface area contributed by atoms with Crippen LogP contribution in [0.2, 0.25) is 0 Å². The molecule has 0 atom stereocenters.